The third-order valence-electron chi connectivity index (χ3n) is 3.33. The van der Waals surface area contributed by atoms with E-state index in [4.69, 9.17) is 10.5 Å². The maximum atomic E-state index is 12.0. The lowest BCUT2D eigenvalue weighted by molar-refractivity contribution is -0.135. The SMILES string of the molecule is COCCCC(=O)N1CCCC(C(=O)NCCN)C1. The maximum absolute atomic E-state index is 12.0. The molecule has 1 rings (SSSR count). The van der Waals surface area contributed by atoms with Gasteiger partial charge >= 0.3 is 0 Å². The quantitative estimate of drug-likeness (QED) is 0.624. The Labute approximate surface area is 114 Å². The summed E-state index contributed by atoms with van der Waals surface area (Å²) in [5.74, 6) is 0.0416. The highest BCUT2D eigenvalue weighted by atomic mass is 16.5. The van der Waals surface area contributed by atoms with Crippen LogP contribution in [0.2, 0.25) is 0 Å². The Hall–Kier alpha value is -1.14. The third kappa shape index (κ3) is 5.57. The molecular weight excluding hydrogens is 246 g/mol. The van der Waals surface area contributed by atoms with Gasteiger partial charge in [0.15, 0.2) is 0 Å². The summed E-state index contributed by atoms with van der Waals surface area (Å²) in [6, 6.07) is 0. The van der Waals surface area contributed by atoms with Crippen molar-refractivity contribution in [2.75, 3.05) is 39.9 Å². The summed E-state index contributed by atoms with van der Waals surface area (Å²) in [5.41, 5.74) is 5.36. The standard InChI is InChI=1S/C13H25N3O3/c1-19-9-3-5-12(17)16-8-2-4-11(10-16)13(18)15-7-6-14/h11H,2-10,14H2,1H3,(H,15,18). The van der Waals surface area contributed by atoms with E-state index in [0.717, 1.165) is 25.8 Å². The number of amides is 2. The summed E-state index contributed by atoms with van der Waals surface area (Å²) in [5, 5.41) is 2.79. The van der Waals surface area contributed by atoms with Gasteiger partial charge in [0, 0.05) is 46.3 Å². The molecule has 1 aliphatic rings. The minimum atomic E-state index is -0.0910. The van der Waals surface area contributed by atoms with Gasteiger partial charge in [0.05, 0.1) is 5.92 Å². The average Bonchev–Trinajstić information content (AvgIpc) is 2.45. The largest absolute Gasteiger partial charge is 0.385 e. The number of carbonyl (C=O) groups is 2. The number of hydrogen-bond donors (Lipinski definition) is 2. The fourth-order valence-corrected chi connectivity index (χ4v) is 2.28. The van der Waals surface area contributed by atoms with Crippen molar-refractivity contribution < 1.29 is 14.3 Å². The van der Waals surface area contributed by atoms with Gasteiger partial charge in [-0.3, -0.25) is 9.59 Å². The Morgan fingerprint density at radius 1 is 1.47 bits per heavy atom. The summed E-state index contributed by atoms with van der Waals surface area (Å²) < 4.78 is 4.94. The average molecular weight is 271 g/mol. The van der Waals surface area contributed by atoms with E-state index < -0.39 is 0 Å². The predicted molar refractivity (Wildman–Crippen MR) is 72.5 cm³/mol. The van der Waals surface area contributed by atoms with E-state index >= 15 is 0 Å². The molecule has 110 valence electrons. The summed E-state index contributed by atoms with van der Waals surface area (Å²) in [6.45, 7) is 2.82. The Bertz CT molecular complexity index is 297. The zero-order valence-electron chi connectivity index (χ0n) is 11.7. The lowest BCUT2D eigenvalue weighted by Crippen LogP contribution is -2.46. The molecule has 0 spiro atoms. The van der Waals surface area contributed by atoms with Gasteiger partial charge in [-0.1, -0.05) is 0 Å². The number of nitrogens with one attached hydrogen (secondary N) is 1. The predicted octanol–water partition coefficient (Wildman–Crippen LogP) is -0.273. The number of methoxy groups -OCH3 is 1. The molecule has 2 amide bonds. The van der Waals surface area contributed by atoms with Crippen molar-refractivity contribution >= 4 is 11.8 Å². The molecule has 1 heterocycles. The topological polar surface area (TPSA) is 84.7 Å². The molecule has 1 fully saturated rings. The molecule has 0 aromatic carbocycles. The lowest BCUT2D eigenvalue weighted by atomic mass is 9.96. The van der Waals surface area contributed by atoms with Crippen LogP contribution < -0.4 is 11.1 Å². The first-order valence-electron chi connectivity index (χ1n) is 6.93. The van der Waals surface area contributed by atoms with Gasteiger partial charge in [-0.2, -0.15) is 0 Å². The number of ether oxygens (including phenoxy) is 1. The molecule has 0 saturated carbocycles. The van der Waals surface area contributed by atoms with Gasteiger partial charge in [-0.05, 0) is 19.3 Å². The highest BCUT2D eigenvalue weighted by Crippen LogP contribution is 2.17. The number of nitrogens with zero attached hydrogens (tertiary/aromatic N) is 1. The lowest BCUT2D eigenvalue weighted by Gasteiger charge is -2.32. The Balaban J connectivity index is 2.36. The van der Waals surface area contributed by atoms with Gasteiger partial charge < -0.3 is 20.7 Å². The molecule has 1 saturated heterocycles. The third-order valence-corrected chi connectivity index (χ3v) is 3.33. The highest BCUT2D eigenvalue weighted by Gasteiger charge is 2.27. The minimum absolute atomic E-state index is 0.0137. The molecule has 1 unspecified atom stereocenters. The zero-order chi connectivity index (χ0) is 14.1. The van der Waals surface area contributed by atoms with Gasteiger partial charge in [0.1, 0.15) is 0 Å². The molecule has 1 atom stereocenters. The Morgan fingerprint density at radius 2 is 2.26 bits per heavy atom. The van der Waals surface area contributed by atoms with E-state index in [2.05, 4.69) is 5.32 Å². The molecule has 1 aliphatic heterocycles. The molecule has 6 nitrogen and oxygen atoms in total. The van der Waals surface area contributed by atoms with Crippen molar-refractivity contribution in [3.05, 3.63) is 0 Å². The molecule has 3 N–H and O–H groups in total. The molecule has 0 aliphatic carbocycles. The van der Waals surface area contributed by atoms with Crippen LogP contribution in [0.15, 0.2) is 0 Å². The van der Waals surface area contributed by atoms with E-state index in [1.165, 1.54) is 0 Å². The fraction of sp³-hybridized carbons (Fsp3) is 0.846. The number of piperidine rings is 1. The molecule has 19 heavy (non-hydrogen) atoms. The molecule has 0 aromatic heterocycles. The van der Waals surface area contributed by atoms with Crippen molar-refractivity contribution in [1.82, 2.24) is 10.2 Å². The fourth-order valence-electron chi connectivity index (χ4n) is 2.28. The van der Waals surface area contributed by atoms with Gasteiger partial charge in [-0.15, -0.1) is 0 Å². The monoisotopic (exact) mass is 271 g/mol. The number of nitrogens with two attached hydrogens (primary N) is 1. The van der Waals surface area contributed by atoms with Crippen LogP contribution in [0.1, 0.15) is 25.7 Å². The van der Waals surface area contributed by atoms with Crippen LogP contribution in [0, 0.1) is 5.92 Å². The number of rotatable bonds is 7. The van der Waals surface area contributed by atoms with E-state index in [1.54, 1.807) is 12.0 Å². The van der Waals surface area contributed by atoms with E-state index in [0.29, 0.717) is 32.7 Å². The minimum Gasteiger partial charge on any atom is -0.385 e. The van der Waals surface area contributed by atoms with Gasteiger partial charge in [0.25, 0.3) is 0 Å². The van der Waals surface area contributed by atoms with Crippen molar-refractivity contribution in [2.45, 2.75) is 25.7 Å². The molecular formula is C13H25N3O3. The number of likely N-dealkylation sites (tertiary alicyclic amines) is 1. The first-order chi connectivity index (χ1) is 9.19. The van der Waals surface area contributed by atoms with Crippen LogP contribution in [0.5, 0.6) is 0 Å². The van der Waals surface area contributed by atoms with E-state index in [9.17, 15) is 9.59 Å². The summed E-state index contributed by atoms with van der Waals surface area (Å²) in [6.07, 6.45) is 2.95. The van der Waals surface area contributed by atoms with Crippen molar-refractivity contribution in [3.8, 4) is 0 Å². The number of carbonyl (C=O) groups excluding carboxylic acids is 2. The highest BCUT2D eigenvalue weighted by molar-refractivity contribution is 5.81. The number of hydrogen-bond acceptors (Lipinski definition) is 4. The van der Waals surface area contributed by atoms with Crippen LogP contribution >= 0.6 is 0 Å². The van der Waals surface area contributed by atoms with Crippen LogP contribution in [0.4, 0.5) is 0 Å². The summed E-state index contributed by atoms with van der Waals surface area (Å²) >= 11 is 0. The van der Waals surface area contributed by atoms with Gasteiger partial charge in [0.2, 0.25) is 11.8 Å². The van der Waals surface area contributed by atoms with Crippen molar-refractivity contribution in [2.24, 2.45) is 11.7 Å². The Morgan fingerprint density at radius 3 is 2.95 bits per heavy atom. The molecule has 6 heteroatoms. The zero-order valence-corrected chi connectivity index (χ0v) is 11.7. The summed E-state index contributed by atoms with van der Waals surface area (Å²) in [4.78, 5) is 25.6. The van der Waals surface area contributed by atoms with Crippen LogP contribution in [-0.2, 0) is 14.3 Å². The molecule has 0 aromatic rings. The first kappa shape index (κ1) is 15.9. The van der Waals surface area contributed by atoms with Gasteiger partial charge in [-0.25, -0.2) is 0 Å². The molecule has 0 radical (unpaired) electrons. The Kier molecular flexibility index (Phi) is 7.43. The van der Waals surface area contributed by atoms with Crippen LogP contribution in [-0.4, -0.2) is 56.6 Å². The second-order valence-electron chi connectivity index (χ2n) is 4.85. The second kappa shape index (κ2) is 8.87. The van der Waals surface area contributed by atoms with Crippen LogP contribution in [0.25, 0.3) is 0 Å². The van der Waals surface area contributed by atoms with Crippen molar-refractivity contribution in [1.29, 1.82) is 0 Å². The second-order valence-corrected chi connectivity index (χ2v) is 4.85. The maximum Gasteiger partial charge on any atom is 0.224 e. The normalized spacial score (nSPS) is 19.3. The van der Waals surface area contributed by atoms with E-state index in [1.807, 2.05) is 0 Å². The summed E-state index contributed by atoms with van der Waals surface area (Å²) in [7, 11) is 1.63. The van der Waals surface area contributed by atoms with Crippen LogP contribution in [0.3, 0.4) is 0 Å². The first-order valence-corrected chi connectivity index (χ1v) is 6.93. The van der Waals surface area contributed by atoms with E-state index in [-0.39, 0.29) is 17.7 Å². The van der Waals surface area contributed by atoms with Crippen molar-refractivity contribution in [3.63, 3.8) is 0 Å². The smallest absolute Gasteiger partial charge is 0.224 e. The molecule has 0 bridgehead atoms.